The maximum absolute atomic E-state index is 13.3. The molecule has 0 saturated carbocycles. The summed E-state index contributed by atoms with van der Waals surface area (Å²) in [4.78, 5) is 31.3. The van der Waals surface area contributed by atoms with E-state index in [0.29, 0.717) is 34.9 Å². The maximum Gasteiger partial charge on any atom is 0.315 e. The van der Waals surface area contributed by atoms with Gasteiger partial charge in [0.15, 0.2) is 5.78 Å². The van der Waals surface area contributed by atoms with E-state index in [9.17, 15) is 9.59 Å². The van der Waals surface area contributed by atoms with Crippen molar-refractivity contribution in [2.75, 3.05) is 13.2 Å². The fraction of sp³-hybridized carbons (Fsp3) is 0.370. The summed E-state index contributed by atoms with van der Waals surface area (Å²) in [5.41, 5.74) is 2.77. The van der Waals surface area contributed by atoms with Crippen molar-refractivity contribution in [1.82, 2.24) is 0 Å². The van der Waals surface area contributed by atoms with Crippen LogP contribution in [0.3, 0.4) is 0 Å². The Morgan fingerprint density at radius 1 is 1.06 bits per heavy atom. The zero-order chi connectivity index (χ0) is 23.6. The van der Waals surface area contributed by atoms with Crippen molar-refractivity contribution in [3.63, 3.8) is 0 Å². The minimum atomic E-state index is -0.674. The number of nitrogens with zero attached hydrogens (tertiary/aromatic N) is 1. The predicted octanol–water partition coefficient (Wildman–Crippen LogP) is 5.78. The van der Waals surface area contributed by atoms with Crippen LogP contribution in [-0.4, -0.2) is 30.7 Å². The molecule has 0 amide bonds. The van der Waals surface area contributed by atoms with Gasteiger partial charge in [-0.3, -0.25) is 14.6 Å². The van der Waals surface area contributed by atoms with E-state index in [1.165, 1.54) is 0 Å². The molecule has 5 nitrogen and oxygen atoms in total. The summed E-state index contributed by atoms with van der Waals surface area (Å²) >= 11 is 6.11. The van der Waals surface area contributed by atoms with Gasteiger partial charge in [0.05, 0.1) is 0 Å². The Bertz CT molecular complexity index is 1100. The van der Waals surface area contributed by atoms with Crippen LogP contribution in [0.4, 0.5) is 0 Å². The number of ether oxygens (including phenoxy) is 2. The second-order valence-electron chi connectivity index (χ2n) is 9.39. The molecule has 33 heavy (non-hydrogen) atoms. The second kappa shape index (κ2) is 9.52. The monoisotopic (exact) mass is 465 g/mol. The molecule has 0 bridgehead atoms. The Kier molecular flexibility index (Phi) is 6.71. The zero-order valence-electron chi connectivity index (χ0n) is 19.1. The predicted molar refractivity (Wildman–Crippen MR) is 129 cm³/mol. The molecule has 2 aromatic rings. The Hall–Kier alpha value is -2.92. The highest BCUT2D eigenvalue weighted by Crippen LogP contribution is 2.48. The average molecular weight is 466 g/mol. The van der Waals surface area contributed by atoms with Gasteiger partial charge in [0.25, 0.3) is 0 Å². The quantitative estimate of drug-likeness (QED) is 0.400. The van der Waals surface area contributed by atoms with Gasteiger partial charge in [0.1, 0.15) is 24.9 Å². The fourth-order valence-electron chi connectivity index (χ4n) is 4.69. The van der Waals surface area contributed by atoms with Gasteiger partial charge in [0, 0.05) is 34.3 Å². The van der Waals surface area contributed by atoms with Crippen LogP contribution in [-0.2, 0) is 14.3 Å². The Balaban J connectivity index is 1.58. The van der Waals surface area contributed by atoms with Gasteiger partial charge in [-0.15, -0.1) is 0 Å². The highest BCUT2D eigenvalue weighted by Gasteiger charge is 2.46. The molecule has 6 heteroatoms. The van der Waals surface area contributed by atoms with Gasteiger partial charge >= 0.3 is 5.97 Å². The van der Waals surface area contributed by atoms with E-state index in [2.05, 4.69) is 13.8 Å². The number of benzene rings is 2. The van der Waals surface area contributed by atoms with Crippen LogP contribution in [0, 0.1) is 11.3 Å². The summed E-state index contributed by atoms with van der Waals surface area (Å²) in [6.45, 7) is 6.34. The van der Waals surface area contributed by atoms with Crippen LogP contribution in [0.25, 0.3) is 0 Å². The van der Waals surface area contributed by atoms with Crippen molar-refractivity contribution in [2.45, 2.75) is 39.5 Å². The third-order valence-electron chi connectivity index (χ3n) is 6.12. The molecule has 1 aliphatic heterocycles. The molecule has 172 valence electrons. The number of hydrogen-bond acceptors (Lipinski definition) is 5. The first-order valence-corrected chi connectivity index (χ1v) is 11.5. The summed E-state index contributed by atoms with van der Waals surface area (Å²) < 4.78 is 11.2. The van der Waals surface area contributed by atoms with Crippen LogP contribution in [0.15, 0.2) is 70.9 Å². The lowest BCUT2D eigenvalue weighted by molar-refractivity contribution is -0.147. The average Bonchev–Trinajstić information content (AvgIpc) is 2.76. The largest absolute Gasteiger partial charge is 0.490 e. The molecule has 0 saturated heterocycles. The van der Waals surface area contributed by atoms with Crippen molar-refractivity contribution in [3.05, 3.63) is 76.5 Å². The number of carbonyl (C=O) groups excluding carboxylic acids is 2. The van der Waals surface area contributed by atoms with E-state index in [-0.39, 0.29) is 24.4 Å². The topological polar surface area (TPSA) is 65.0 Å². The molecule has 0 aromatic heterocycles. The van der Waals surface area contributed by atoms with Crippen LogP contribution >= 0.6 is 11.6 Å². The van der Waals surface area contributed by atoms with E-state index in [1.54, 1.807) is 12.1 Å². The first kappa shape index (κ1) is 23.2. The summed E-state index contributed by atoms with van der Waals surface area (Å²) in [7, 11) is 0. The van der Waals surface area contributed by atoms with E-state index in [4.69, 9.17) is 26.1 Å². The Morgan fingerprint density at radius 2 is 1.76 bits per heavy atom. The van der Waals surface area contributed by atoms with Crippen LogP contribution < -0.4 is 4.74 Å². The van der Waals surface area contributed by atoms with Gasteiger partial charge in [-0.1, -0.05) is 55.8 Å². The Labute approximate surface area is 199 Å². The number of hydrogen-bond donors (Lipinski definition) is 0. The van der Waals surface area contributed by atoms with E-state index in [1.807, 2.05) is 49.4 Å². The molecule has 0 radical (unpaired) electrons. The van der Waals surface area contributed by atoms with Crippen LogP contribution in [0.1, 0.15) is 45.1 Å². The lowest BCUT2D eigenvalue weighted by Gasteiger charge is -2.39. The van der Waals surface area contributed by atoms with Gasteiger partial charge in [-0.25, -0.2) is 0 Å². The van der Waals surface area contributed by atoms with Gasteiger partial charge < -0.3 is 9.47 Å². The Morgan fingerprint density at radius 3 is 2.45 bits per heavy atom. The lowest BCUT2D eigenvalue weighted by atomic mass is 9.67. The number of allylic oxidation sites excluding steroid dienone is 2. The molecule has 2 aliphatic rings. The summed E-state index contributed by atoms with van der Waals surface area (Å²) in [5, 5.41) is 0.599. The lowest BCUT2D eigenvalue weighted by Crippen LogP contribution is -2.39. The number of Topliss-reactive ketones (excluding diaryl/α,β-unsaturated/α-hetero) is 1. The first-order chi connectivity index (χ1) is 15.7. The third kappa shape index (κ3) is 5.19. The van der Waals surface area contributed by atoms with Crippen molar-refractivity contribution in [1.29, 1.82) is 0 Å². The van der Waals surface area contributed by atoms with Gasteiger partial charge in [-0.2, -0.15) is 0 Å². The number of esters is 1. The van der Waals surface area contributed by atoms with Crippen LogP contribution in [0.2, 0.25) is 5.02 Å². The molecule has 2 atom stereocenters. The maximum atomic E-state index is 13.3. The molecule has 1 heterocycles. The van der Waals surface area contributed by atoms with Gasteiger partial charge in [-0.05, 0) is 48.6 Å². The summed E-state index contributed by atoms with van der Waals surface area (Å²) in [6.07, 6.45) is 1.12. The second-order valence-corrected chi connectivity index (χ2v) is 9.83. The third-order valence-corrected chi connectivity index (χ3v) is 6.38. The van der Waals surface area contributed by atoms with E-state index >= 15 is 0 Å². The molecule has 0 fully saturated rings. The zero-order valence-corrected chi connectivity index (χ0v) is 19.9. The molecule has 0 spiro atoms. The van der Waals surface area contributed by atoms with Gasteiger partial charge in [0.2, 0.25) is 0 Å². The molecular formula is C27H28ClNO4. The summed E-state index contributed by atoms with van der Waals surface area (Å²) in [5.74, 6) is -0.763. The van der Waals surface area contributed by atoms with Crippen molar-refractivity contribution < 1.29 is 19.1 Å². The number of halogens is 1. The number of rotatable bonds is 6. The summed E-state index contributed by atoms with van der Waals surface area (Å²) in [6, 6.07) is 16.7. The molecule has 4 rings (SSSR count). The fourth-order valence-corrected chi connectivity index (χ4v) is 4.81. The number of aliphatic imine (C=N–C) groups is 1. The SMILES string of the molecule is CC1=NC2=C(C(=O)CC(C)(C)C2)[C@H](c2ccc(Cl)cc2)C1C(=O)OCCOc1ccccc1. The number of ketones is 1. The van der Waals surface area contributed by atoms with Crippen molar-refractivity contribution >= 4 is 29.1 Å². The normalized spacial score (nSPS) is 21.8. The molecule has 0 N–H and O–H groups in total. The van der Waals surface area contributed by atoms with Crippen molar-refractivity contribution in [2.24, 2.45) is 16.3 Å². The van der Waals surface area contributed by atoms with E-state index < -0.39 is 17.8 Å². The van der Waals surface area contributed by atoms with Crippen molar-refractivity contribution in [3.8, 4) is 5.75 Å². The minimum absolute atomic E-state index is 0.0441. The molecule has 1 unspecified atom stereocenters. The smallest absolute Gasteiger partial charge is 0.315 e. The minimum Gasteiger partial charge on any atom is -0.490 e. The highest BCUT2D eigenvalue weighted by atomic mass is 35.5. The number of para-hydroxylation sites is 1. The van der Waals surface area contributed by atoms with E-state index in [0.717, 1.165) is 11.3 Å². The highest BCUT2D eigenvalue weighted by molar-refractivity contribution is 6.30. The standard InChI is InChI=1S/C27H28ClNO4/c1-17-23(26(31)33-14-13-32-20-7-5-4-6-8-20)24(18-9-11-19(28)12-10-18)25-21(29-17)15-27(2,3)16-22(25)30/h4-12,23-24H,13-16H2,1-3H3/t23?,24-/m1/s1. The first-order valence-electron chi connectivity index (χ1n) is 11.2. The molecular weight excluding hydrogens is 438 g/mol. The molecule has 2 aromatic carbocycles. The molecule has 1 aliphatic carbocycles. The number of carbonyl (C=O) groups is 2. The van der Waals surface area contributed by atoms with Crippen LogP contribution in [0.5, 0.6) is 5.75 Å².